The van der Waals surface area contributed by atoms with Gasteiger partial charge in [-0.25, -0.2) is 0 Å². The van der Waals surface area contributed by atoms with Crippen molar-refractivity contribution in [1.82, 2.24) is 0 Å². The van der Waals surface area contributed by atoms with Crippen molar-refractivity contribution in [1.29, 1.82) is 0 Å². The summed E-state index contributed by atoms with van der Waals surface area (Å²) in [6, 6.07) is 78.9. The van der Waals surface area contributed by atoms with Crippen LogP contribution in [0.1, 0.15) is 32.9 Å². The van der Waals surface area contributed by atoms with Gasteiger partial charge in [-0.3, -0.25) is 0 Å². The Balaban J connectivity index is 0.000000116. The van der Waals surface area contributed by atoms with Crippen LogP contribution in [-0.2, 0) is 0 Å². The molecule has 0 amide bonds. The van der Waals surface area contributed by atoms with Crippen molar-refractivity contribution in [2.45, 2.75) is 0 Å². The molecule has 0 spiro atoms. The van der Waals surface area contributed by atoms with E-state index in [2.05, 4.69) is 12.1 Å². The zero-order valence-corrected chi connectivity index (χ0v) is 62.8. The normalized spacial score (nSPS) is 14.7. The van der Waals surface area contributed by atoms with Gasteiger partial charge in [-0.2, -0.15) is 0 Å². The van der Waals surface area contributed by atoms with E-state index in [1.165, 1.54) is 0 Å². The Labute approximate surface area is 718 Å². The van der Waals surface area contributed by atoms with E-state index in [9.17, 15) is 16.4 Å². The SMILES string of the molecule is [2H]c1c([2H])c([2H])c2c(-c3cc4oc5ccc6ccccc6c5c4c4ccccc34)c3c([2H])c([2H])c([2H])c([2H])c3c(-c3cccc4ccccc34)c2c1[2H].[2H]c1c([2H])c([2H])c2c(-c3cccc4c3oc3ccccc34)c3c([2H])c([2H])c([2H])c([2H])c3c(-c3cccc4ccccc34)c2c1[2H].[2H]c1c([2H])c([2H])c2c(-c3cccc4ccccc34)c3c([2H])c([2H])c([2H])c([2H])c3c(-c3ccc4c(c3)oc3ccccc34)c2c1[2H]. The summed E-state index contributed by atoms with van der Waals surface area (Å²) in [5, 5.41) is 16.1. The van der Waals surface area contributed by atoms with Crippen LogP contribution in [0.15, 0.2) is 437 Å². The third-order valence-electron chi connectivity index (χ3n) is 23.3. The van der Waals surface area contributed by atoms with Gasteiger partial charge in [0.2, 0.25) is 0 Å². The molecular weight excluding hydrogens is 1440 g/mol. The maximum atomic E-state index is 9.48. The molecule has 0 saturated carbocycles. The van der Waals surface area contributed by atoms with E-state index in [1.807, 2.05) is 255 Å². The fourth-order valence-corrected chi connectivity index (χ4v) is 18.3. The molecule has 0 radical (unpaired) electrons. The Morgan fingerprint density at radius 1 is 0.160 bits per heavy atom. The predicted octanol–water partition coefficient (Wildman–Crippen LogP) is 33.4. The number of furan rings is 3. The molecule has 23 aromatic carbocycles. The standard InChI is InChI=1S/C44H26O.2C36H22O/c1-3-15-29-27(12-1)14-11-23-32(29)41-34-19-7-9-21-36(34)42(37-22-10-8-20-35(37)41)38-26-40-44(33-18-6-5-17-31(33)38)43-30-16-4-2-13-28(30)24-25-39(43)45-40;1-2-13-24-23(11-1)12-9-19-26(24)34-27-15-3-5-17-29(27)35(30-18-6-4-16-28(30)34)32-21-10-20-31-25-14-7-8-22-33(25)37-36(31)32;1-2-12-25-23(10-1)11-9-18-28(25)36-31-16-5-3-14-29(31)35(30-15-4-6-17-32(30)36)24-20-21-27-26-13-7-8-19-33(26)37-34(27)22-24/h1-26H;2*1-22H/i7D,8D,9D,10D,19D,20D,21D,22D;3D,4D,5D,6D,15D,16D,17D,18D;3D,4D,5D,6D,14D,15D,16D,17D. The second-order valence-electron chi connectivity index (χ2n) is 29.5. The Morgan fingerprint density at radius 2 is 0.462 bits per heavy atom. The molecule has 3 nitrogen and oxygen atoms in total. The highest BCUT2D eigenvalue weighted by atomic mass is 16.3. The highest BCUT2D eigenvalue weighted by molar-refractivity contribution is 6.33. The monoisotopic (exact) mass is 1530 g/mol. The molecular formula is C116H70O3. The summed E-state index contributed by atoms with van der Waals surface area (Å²) in [4.78, 5) is 0. The van der Waals surface area contributed by atoms with Crippen molar-refractivity contribution < 1.29 is 46.1 Å². The van der Waals surface area contributed by atoms with Crippen molar-refractivity contribution in [3.8, 4) is 66.8 Å². The summed E-state index contributed by atoms with van der Waals surface area (Å²) < 4.78 is 235. The van der Waals surface area contributed by atoms with Crippen LogP contribution >= 0.6 is 0 Å². The summed E-state index contributed by atoms with van der Waals surface area (Å²) in [5.74, 6) is 0. The first-order valence-corrected chi connectivity index (χ1v) is 39.0. The van der Waals surface area contributed by atoms with E-state index in [0.717, 1.165) is 86.2 Å². The Bertz CT molecular complexity index is 10000. The summed E-state index contributed by atoms with van der Waals surface area (Å²) in [6.07, 6.45) is 0. The van der Waals surface area contributed by atoms with Crippen LogP contribution in [0, 0.1) is 0 Å². The molecule has 3 aromatic heterocycles. The first-order chi connectivity index (χ1) is 69.1. The Morgan fingerprint density at radius 3 is 0.924 bits per heavy atom. The molecule has 0 atom stereocenters. The summed E-state index contributed by atoms with van der Waals surface area (Å²) in [7, 11) is 0. The third kappa shape index (κ3) is 10.8. The topological polar surface area (TPSA) is 39.4 Å². The largest absolute Gasteiger partial charge is 0.456 e. The fraction of sp³-hybridized carbons (Fsp3) is 0. The molecule has 0 aliphatic rings. The van der Waals surface area contributed by atoms with Gasteiger partial charge in [0.1, 0.15) is 33.5 Å². The minimum absolute atomic E-state index is 0.162. The molecule has 0 bridgehead atoms. The van der Waals surface area contributed by atoms with Gasteiger partial charge in [-0.15, -0.1) is 0 Å². The molecule has 0 aliphatic carbocycles. The molecule has 26 aromatic rings. The zero-order valence-electron chi connectivity index (χ0n) is 86.8. The smallest absolute Gasteiger partial charge is 0.143 e. The quantitative estimate of drug-likeness (QED) is 0.156. The first-order valence-electron chi connectivity index (χ1n) is 51.0. The minimum Gasteiger partial charge on any atom is -0.456 e. The molecule has 0 N–H and O–H groups in total. The van der Waals surface area contributed by atoms with E-state index < -0.39 is 72.5 Å². The molecule has 0 aliphatic heterocycles. The van der Waals surface area contributed by atoms with Gasteiger partial charge in [0.15, 0.2) is 0 Å². The van der Waals surface area contributed by atoms with Crippen LogP contribution in [0.5, 0.6) is 0 Å². The lowest BCUT2D eigenvalue weighted by Crippen LogP contribution is -1.92. The fourth-order valence-electron chi connectivity index (χ4n) is 18.3. The van der Waals surface area contributed by atoms with Crippen LogP contribution in [0.2, 0.25) is 0 Å². The van der Waals surface area contributed by atoms with Gasteiger partial charge >= 0.3 is 0 Å². The lowest BCUT2D eigenvalue weighted by molar-refractivity contribution is 0.669. The van der Waals surface area contributed by atoms with Gasteiger partial charge in [-0.05, 0) is 211 Å². The maximum absolute atomic E-state index is 9.48. The van der Waals surface area contributed by atoms with Crippen molar-refractivity contribution in [2.75, 3.05) is 0 Å². The van der Waals surface area contributed by atoms with E-state index in [-0.39, 0.29) is 143 Å². The van der Waals surface area contributed by atoms with Crippen LogP contribution in [-0.4, -0.2) is 0 Å². The van der Waals surface area contributed by atoms with Crippen LogP contribution in [0.3, 0.4) is 0 Å². The zero-order chi connectivity index (χ0) is 99.1. The van der Waals surface area contributed by atoms with Gasteiger partial charge in [0.25, 0.3) is 0 Å². The van der Waals surface area contributed by atoms with Crippen molar-refractivity contribution in [3.05, 3.63) is 424 Å². The van der Waals surface area contributed by atoms with Crippen molar-refractivity contribution >= 4 is 184 Å². The maximum Gasteiger partial charge on any atom is 0.143 e. The average Bonchev–Trinajstić information content (AvgIpc) is 1.44. The van der Waals surface area contributed by atoms with E-state index in [1.54, 1.807) is 12.1 Å². The number of hydrogen-bond donors (Lipinski definition) is 0. The van der Waals surface area contributed by atoms with Crippen LogP contribution in [0.4, 0.5) is 0 Å². The molecule has 0 unspecified atom stereocenters. The third-order valence-corrected chi connectivity index (χ3v) is 23.3. The highest BCUT2D eigenvalue weighted by Gasteiger charge is 2.26. The number of rotatable bonds is 6. The first kappa shape index (κ1) is 47.9. The molecule has 3 heterocycles. The number of hydrogen-bond acceptors (Lipinski definition) is 3. The predicted molar refractivity (Wildman–Crippen MR) is 506 cm³/mol. The molecule has 0 saturated heterocycles. The second kappa shape index (κ2) is 27.5. The van der Waals surface area contributed by atoms with Crippen molar-refractivity contribution in [2.24, 2.45) is 0 Å². The average molecular weight is 1540 g/mol. The summed E-state index contributed by atoms with van der Waals surface area (Å²) >= 11 is 0. The molecule has 3 heteroatoms. The highest BCUT2D eigenvalue weighted by Crippen LogP contribution is 2.53. The Hall–Kier alpha value is -15.7. The summed E-state index contributed by atoms with van der Waals surface area (Å²) in [5.41, 5.74) is 8.74. The van der Waals surface area contributed by atoms with Gasteiger partial charge in [-0.1, -0.05) is 388 Å². The van der Waals surface area contributed by atoms with Gasteiger partial charge in [0.05, 0.1) is 32.9 Å². The summed E-state index contributed by atoms with van der Waals surface area (Å²) in [6.45, 7) is 0. The van der Waals surface area contributed by atoms with E-state index >= 15 is 0 Å². The number of para-hydroxylation sites is 3. The van der Waals surface area contributed by atoms with Crippen LogP contribution < -0.4 is 0 Å². The molecule has 119 heavy (non-hydrogen) atoms. The van der Waals surface area contributed by atoms with Crippen LogP contribution in [0.25, 0.3) is 251 Å². The minimum atomic E-state index is -0.437. The molecule has 552 valence electrons. The second-order valence-corrected chi connectivity index (χ2v) is 29.5. The number of benzene rings is 23. The van der Waals surface area contributed by atoms with Crippen molar-refractivity contribution in [3.63, 3.8) is 0 Å². The molecule has 0 fully saturated rings. The Kier molecular flexibility index (Phi) is 11.1. The van der Waals surface area contributed by atoms with Gasteiger partial charge < -0.3 is 13.3 Å². The van der Waals surface area contributed by atoms with E-state index in [0.29, 0.717) is 94.7 Å². The molecule has 26 rings (SSSR count). The lowest BCUT2D eigenvalue weighted by atomic mass is 9.83. The van der Waals surface area contributed by atoms with Gasteiger partial charge in [0, 0.05) is 43.4 Å². The number of fused-ring (bicyclic) bond motifs is 22. The van der Waals surface area contributed by atoms with E-state index in [4.69, 9.17) is 29.7 Å². The lowest BCUT2D eigenvalue weighted by Gasteiger charge is -2.20.